The van der Waals surface area contributed by atoms with Crippen LogP contribution in [0.2, 0.25) is 10.0 Å². The van der Waals surface area contributed by atoms with Crippen LogP contribution in [0.4, 0.5) is 17.6 Å². The average molecular weight is 429 g/mol. The highest BCUT2D eigenvalue weighted by atomic mass is 35.5. The van der Waals surface area contributed by atoms with Crippen molar-refractivity contribution in [2.75, 3.05) is 17.2 Å². The summed E-state index contributed by atoms with van der Waals surface area (Å²) in [6.45, 7) is -0.415. The number of aliphatic carboxylic acids is 1. The fraction of sp³-hybridized carbons (Fsp3) is 0.105. The van der Waals surface area contributed by atoms with E-state index in [1.165, 1.54) is 4.90 Å². The lowest BCUT2D eigenvalue weighted by Gasteiger charge is -2.21. The predicted octanol–water partition coefficient (Wildman–Crippen LogP) is 3.45. The summed E-state index contributed by atoms with van der Waals surface area (Å²) in [5.74, 6) is -0.824. The van der Waals surface area contributed by atoms with Crippen LogP contribution in [0, 0.1) is 11.3 Å². The fourth-order valence-corrected chi connectivity index (χ4v) is 3.14. The van der Waals surface area contributed by atoms with Crippen LogP contribution in [0.5, 0.6) is 0 Å². The number of aromatic nitrogens is 3. The Kier molecular flexibility index (Phi) is 6.12. The lowest BCUT2D eigenvalue weighted by Crippen LogP contribution is -2.27. The Labute approximate surface area is 176 Å². The molecule has 0 atom stereocenters. The molecular formula is C19H14Cl2N6O2. The van der Waals surface area contributed by atoms with Crippen LogP contribution < -0.4 is 10.6 Å². The number of hydrogen-bond acceptors (Lipinski definition) is 7. The number of carboxylic acids is 1. The molecule has 0 saturated heterocycles. The molecule has 8 nitrogen and oxygen atoms in total. The minimum absolute atomic E-state index is 0.0581. The third kappa shape index (κ3) is 4.90. The number of nitrogens with two attached hydrogens (primary N) is 1. The summed E-state index contributed by atoms with van der Waals surface area (Å²) in [5.41, 5.74) is 7.38. The van der Waals surface area contributed by atoms with Gasteiger partial charge in [-0.15, -0.1) is 0 Å². The number of nitriles is 1. The zero-order valence-electron chi connectivity index (χ0n) is 14.9. The van der Waals surface area contributed by atoms with Crippen LogP contribution in [0.15, 0.2) is 42.5 Å². The molecule has 2 aromatic carbocycles. The summed E-state index contributed by atoms with van der Waals surface area (Å²) in [4.78, 5) is 25.3. The van der Waals surface area contributed by atoms with Crippen molar-refractivity contribution in [2.24, 2.45) is 0 Å². The summed E-state index contributed by atoms with van der Waals surface area (Å²) in [6.07, 6.45) is 0.187. The van der Waals surface area contributed by atoms with Gasteiger partial charge < -0.3 is 10.8 Å². The van der Waals surface area contributed by atoms with E-state index in [9.17, 15) is 9.90 Å². The first kappa shape index (κ1) is 20.3. The zero-order chi connectivity index (χ0) is 21.0. The highest BCUT2D eigenvalue weighted by molar-refractivity contribution is 6.36. The molecule has 0 amide bonds. The van der Waals surface area contributed by atoms with E-state index in [1.807, 2.05) is 6.07 Å². The van der Waals surface area contributed by atoms with Gasteiger partial charge in [0, 0.05) is 22.2 Å². The quantitative estimate of drug-likeness (QED) is 0.610. The van der Waals surface area contributed by atoms with Gasteiger partial charge in [0.05, 0.1) is 11.6 Å². The Morgan fingerprint density at radius 3 is 2.34 bits per heavy atom. The van der Waals surface area contributed by atoms with Crippen molar-refractivity contribution in [2.45, 2.75) is 6.42 Å². The fourth-order valence-electron chi connectivity index (χ4n) is 2.61. The molecule has 1 aromatic heterocycles. The minimum Gasteiger partial charge on any atom is -0.480 e. The standard InChI is InChI=1S/C19H14Cl2N6O2/c20-14-2-1-3-15(21)13(14)8-16-24-18(23)26-19(25-16)27(10-17(28)29)12-6-4-11(9-22)5-7-12/h1-7H,8,10H2,(H,28,29)(H2,23,24,25,26). The van der Waals surface area contributed by atoms with Crippen molar-refractivity contribution >= 4 is 46.8 Å². The molecule has 3 N–H and O–H groups in total. The molecule has 0 aliphatic heterocycles. The largest absolute Gasteiger partial charge is 0.480 e. The third-order valence-corrected chi connectivity index (χ3v) is 4.63. The highest BCUT2D eigenvalue weighted by Crippen LogP contribution is 2.27. The van der Waals surface area contributed by atoms with E-state index >= 15 is 0 Å². The topological polar surface area (TPSA) is 129 Å². The number of nitrogens with zero attached hydrogens (tertiary/aromatic N) is 5. The molecule has 0 unspecified atom stereocenters. The van der Waals surface area contributed by atoms with Crippen molar-refractivity contribution in [1.82, 2.24) is 15.0 Å². The Bertz CT molecular complexity index is 1080. The molecule has 29 heavy (non-hydrogen) atoms. The summed E-state index contributed by atoms with van der Waals surface area (Å²) in [5, 5.41) is 19.2. The van der Waals surface area contributed by atoms with Gasteiger partial charge >= 0.3 is 5.97 Å². The Morgan fingerprint density at radius 2 is 1.76 bits per heavy atom. The van der Waals surface area contributed by atoms with Crippen LogP contribution in [0.25, 0.3) is 0 Å². The average Bonchev–Trinajstić information content (AvgIpc) is 2.68. The first-order chi connectivity index (χ1) is 13.9. The van der Waals surface area contributed by atoms with Gasteiger partial charge in [-0.1, -0.05) is 29.3 Å². The van der Waals surface area contributed by atoms with Gasteiger partial charge in [0.2, 0.25) is 11.9 Å². The SMILES string of the molecule is N#Cc1ccc(N(CC(=O)O)c2nc(N)nc(Cc3c(Cl)cccc3Cl)n2)cc1. The van der Waals surface area contributed by atoms with Crippen LogP contribution in [0.3, 0.4) is 0 Å². The number of anilines is 3. The minimum atomic E-state index is -1.09. The first-order valence-electron chi connectivity index (χ1n) is 8.30. The first-order valence-corrected chi connectivity index (χ1v) is 9.06. The van der Waals surface area contributed by atoms with E-state index < -0.39 is 12.5 Å². The van der Waals surface area contributed by atoms with Crippen molar-refractivity contribution in [1.29, 1.82) is 5.26 Å². The monoisotopic (exact) mass is 428 g/mol. The molecule has 3 aromatic rings. The molecule has 146 valence electrons. The lowest BCUT2D eigenvalue weighted by atomic mass is 10.1. The molecule has 0 spiro atoms. The van der Waals surface area contributed by atoms with Crippen LogP contribution in [0.1, 0.15) is 17.0 Å². The summed E-state index contributed by atoms with van der Waals surface area (Å²) < 4.78 is 0. The third-order valence-electron chi connectivity index (χ3n) is 3.93. The molecule has 0 aliphatic carbocycles. The number of nitrogen functional groups attached to an aromatic ring is 1. The number of carbonyl (C=O) groups is 1. The number of rotatable bonds is 6. The van der Waals surface area contributed by atoms with E-state index in [0.29, 0.717) is 26.9 Å². The number of hydrogen-bond donors (Lipinski definition) is 2. The molecule has 0 radical (unpaired) electrons. The Balaban J connectivity index is 2.02. The molecular weight excluding hydrogens is 415 g/mol. The maximum absolute atomic E-state index is 11.4. The van der Waals surface area contributed by atoms with E-state index in [1.54, 1.807) is 42.5 Å². The van der Waals surface area contributed by atoms with Crippen molar-refractivity contribution in [3.63, 3.8) is 0 Å². The number of carboxylic acid groups (broad SMARTS) is 1. The van der Waals surface area contributed by atoms with Crippen LogP contribution in [-0.4, -0.2) is 32.6 Å². The number of halogens is 2. The molecule has 1 heterocycles. The van der Waals surface area contributed by atoms with Crippen LogP contribution >= 0.6 is 23.2 Å². The molecule has 3 rings (SSSR count). The van der Waals surface area contributed by atoms with E-state index in [4.69, 9.17) is 34.2 Å². The second-order valence-corrected chi connectivity index (χ2v) is 6.74. The zero-order valence-corrected chi connectivity index (χ0v) is 16.4. The second-order valence-electron chi connectivity index (χ2n) is 5.93. The smallest absolute Gasteiger partial charge is 0.323 e. The van der Waals surface area contributed by atoms with Gasteiger partial charge in [-0.25, -0.2) is 0 Å². The van der Waals surface area contributed by atoms with Gasteiger partial charge in [-0.2, -0.15) is 20.2 Å². The molecule has 0 aliphatic rings. The van der Waals surface area contributed by atoms with Gasteiger partial charge in [0.1, 0.15) is 12.4 Å². The Morgan fingerprint density at radius 1 is 1.10 bits per heavy atom. The van der Waals surface area contributed by atoms with E-state index in [-0.39, 0.29) is 24.1 Å². The normalized spacial score (nSPS) is 10.4. The number of benzene rings is 2. The van der Waals surface area contributed by atoms with E-state index in [2.05, 4.69) is 15.0 Å². The van der Waals surface area contributed by atoms with Crippen molar-refractivity contribution in [3.05, 3.63) is 69.5 Å². The molecule has 10 heteroatoms. The maximum atomic E-state index is 11.4. The second kappa shape index (κ2) is 8.73. The van der Waals surface area contributed by atoms with Gasteiger partial charge in [-0.3, -0.25) is 9.69 Å². The van der Waals surface area contributed by atoms with Gasteiger partial charge in [-0.05, 0) is 42.0 Å². The molecule has 0 fully saturated rings. The molecule has 0 saturated carbocycles. The summed E-state index contributed by atoms with van der Waals surface area (Å²) in [6, 6.07) is 13.5. The predicted molar refractivity (Wildman–Crippen MR) is 109 cm³/mol. The van der Waals surface area contributed by atoms with Crippen LogP contribution in [-0.2, 0) is 11.2 Å². The van der Waals surface area contributed by atoms with E-state index in [0.717, 1.165) is 0 Å². The Hall–Kier alpha value is -3.41. The highest BCUT2D eigenvalue weighted by Gasteiger charge is 2.19. The van der Waals surface area contributed by atoms with Crippen molar-refractivity contribution in [3.8, 4) is 6.07 Å². The van der Waals surface area contributed by atoms with Gasteiger partial charge in [0.15, 0.2) is 0 Å². The van der Waals surface area contributed by atoms with Crippen molar-refractivity contribution < 1.29 is 9.90 Å². The molecule has 0 bridgehead atoms. The lowest BCUT2D eigenvalue weighted by molar-refractivity contribution is -0.135. The summed E-state index contributed by atoms with van der Waals surface area (Å²) >= 11 is 12.4. The maximum Gasteiger partial charge on any atom is 0.323 e. The summed E-state index contributed by atoms with van der Waals surface area (Å²) in [7, 11) is 0. The van der Waals surface area contributed by atoms with Gasteiger partial charge in [0.25, 0.3) is 0 Å².